The highest BCUT2D eigenvalue weighted by Gasteiger charge is 2.02. The minimum Gasteiger partial charge on any atom is -0.454 e. The van der Waals surface area contributed by atoms with Crippen LogP contribution in [0, 0.1) is 0 Å². The van der Waals surface area contributed by atoms with Crippen molar-refractivity contribution in [3.63, 3.8) is 0 Å². The number of ether oxygens (including phenoxy) is 1. The van der Waals surface area contributed by atoms with Crippen LogP contribution in [0.4, 0.5) is 0 Å². The number of pyridine rings is 2. The van der Waals surface area contributed by atoms with E-state index in [0.717, 1.165) is 0 Å². The molecule has 17 heavy (non-hydrogen) atoms. The molecule has 0 aliphatic carbocycles. The van der Waals surface area contributed by atoms with Gasteiger partial charge in [0.15, 0.2) is 5.78 Å². The summed E-state index contributed by atoms with van der Waals surface area (Å²) in [5.41, 5.74) is 0.404. The summed E-state index contributed by atoms with van der Waals surface area (Å²) in [6.45, 7) is 1.46. The molecule has 0 aliphatic rings. The molecule has 2 heterocycles. The van der Waals surface area contributed by atoms with E-state index in [0.29, 0.717) is 22.2 Å². The van der Waals surface area contributed by atoms with Gasteiger partial charge in [-0.25, -0.2) is 4.98 Å². The molecule has 0 amide bonds. The molecule has 0 N–H and O–H groups in total. The quantitative estimate of drug-likeness (QED) is 0.783. The van der Waals surface area contributed by atoms with Gasteiger partial charge in [-0.15, -0.1) is 0 Å². The maximum absolute atomic E-state index is 11.0. The molecule has 0 saturated carbocycles. The molecule has 0 spiro atoms. The third kappa shape index (κ3) is 3.01. The smallest absolute Gasteiger partial charge is 0.178 e. The molecule has 86 valence electrons. The van der Waals surface area contributed by atoms with Gasteiger partial charge in [-0.1, -0.05) is 11.6 Å². The third-order valence-electron chi connectivity index (χ3n) is 2.01. The zero-order valence-electron chi connectivity index (χ0n) is 9.05. The van der Waals surface area contributed by atoms with Gasteiger partial charge in [0.25, 0.3) is 0 Å². The second-order valence-corrected chi connectivity index (χ2v) is 3.81. The van der Waals surface area contributed by atoms with Crippen LogP contribution in [0.1, 0.15) is 17.4 Å². The van der Waals surface area contributed by atoms with Crippen LogP contribution in [0.2, 0.25) is 5.02 Å². The normalized spacial score (nSPS) is 10.0. The molecule has 0 atom stereocenters. The zero-order chi connectivity index (χ0) is 12.3. The standard InChI is InChI=1S/C12H9ClN2O2/c1-8(16)12-3-2-10(7-15-12)17-11-4-9(13)5-14-6-11/h2-7H,1H3. The van der Waals surface area contributed by atoms with Gasteiger partial charge < -0.3 is 4.74 Å². The second kappa shape index (κ2) is 4.93. The Morgan fingerprint density at radius 2 is 2.06 bits per heavy atom. The highest BCUT2D eigenvalue weighted by molar-refractivity contribution is 6.30. The summed E-state index contributed by atoms with van der Waals surface area (Å²) < 4.78 is 5.47. The topological polar surface area (TPSA) is 52.1 Å². The zero-order valence-corrected chi connectivity index (χ0v) is 9.81. The molecule has 2 aromatic rings. The minimum absolute atomic E-state index is 0.0824. The Morgan fingerprint density at radius 3 is 2.65 bits per heavy atom. The van der Waals surface area contributed by atoms with Crippen molar-refractivity contribution in [2.75, 3.05) is 0 Å². The fourth-order valence-electron chi connectivity index (χ4n) is 1.23. The molecule has 2 aromatic heterocycles. The summed E-state index contributed by atoms with van der Waals surface area (Å²) >= 11 is 5.78. The largest absolute Gasteiger partial charge is 0.454 e. The third-order valence-corrected chi connectivity index (χ3v) is 2.22. The lowest BCUT2D eigenvalue weighted by molar-refractivity contribution is 0.101. The Labute approximate surface area is 103 Å². The summed E-state index contributed by atoms with van der Waals surface area (Å²) in [5, 5.41) is 0.496. The molecule has 4 nitrogen and oxygen atoms in total. The molecular weight excluding hydrogens is 240 g/mol. The van der Waals surface area contributed by atoms with Crippen LogP contribution in [0.25, 0.3) is 0 Å². The van der Waals surface area contributed by atoms with Crippen molar-refractivity contribution in [2.24, 2.45) is 0 Å². The Balaban J connectivity index is 2.16. The van der Waals surface area contributed by atoms with Crippen molar-refractivity contribution in [3.8, 4) is 11.5 Å². The number of halogens is 1. The van der Waals surface area contributed by atoms with Crippen molar-refractivity contribution in [1.82, 2.24) is 9.97 Å². The number of aromatic nitrogens is 2. The van der Waals surface area contributed by atoms with Gasteiger partial charge in [0.2, 0.25) is 0 Å². The van der Waals surface area contributed by atoms with E-state index in [4.69, 9.17) is 16.3 Å². The lowest BCUT2D eigenvalue weighted by Crippen LogP contribution is -1.96. The highest BCUT2D eigenvalue weighted by atomic mass is 35.5. The van der Waals surface area contributed by atoms with Gasteiger partial charge in [-0.05, 0) is 12.1 Å². The van der Waals surface area contributed by atoms with E-state index < -0.39 is 0 Å². The van der Waals surface area contributed by atoms with Crippen LogP contribution in [0.5, 0.6) is 11.5 Å². The minimum atomic E-state index is -0.0824. The average molecular weight is 249 g/mol. The summed E-state index contributed by atoms with van der Waals surface area (Å²) in [5.74, 6) is 0.968. The Bertz CT molecular complexity index is 540. The highest BCUT2D eigenvalue weighted by Crippen LogP contribution is 2.22. The van der Waals surface area contributed by atoms with E-state index in [-0.39, 0.29) is 5.78 Å². The van der Waals surface area contributed by atoms with Gasteiger partial charge in [-0.2, -0.15) is 0 Å². The lowest BCUT2D eigenvalue weighted by atomic mass is 10.3. The number of nitrogens with zero attached hydrogens (tertiary/aromatic N) is 2. The number of hydrogen-bond donors (Lipinski definition) is 0. The number of rotatable bonds is 3. The first kappa shape index (κ1) is 11.5. The van der Waals surface area contributed by atoms with Gasteiger partial charge in [-0.3, -0.25) is 9.78 Å². The van der Waals surface area contributed by atoms with E-state index >= 15 is 0 Å². The molecule has 0 aliphatic heterocycles. The van der Waals surface area contributed by atoms with E-state index in [1.54, 1.807) is 24.4 Å². The van der Waals surface area contributed by atoms with Crippen LogP contribution in [-0.4, -0.2) is 15.8 Å². The van der Waals surface area contributed by atoms with Crippen LogP contribution in [0.15, 0.2) is 36.8 Å². The predicted octanol–water partition coefficient (Wildman–Crippen LogP) is 3.12. The van der Waals surface area contributed by atoms with Crippen molar-refractivity contribution < 1.29 is 9.53 Å². The monoisotopic (exact) mass is 248 g/mol. The molecule has 0 bridgehead atoms. The number of hydrogen-bond acceptors (Lipinski definition) is 4. The Kier molecular flexibility index (Phi) is 3.35. The molecule has 2 rings (SSSR count). The van der Waals surface area contributed by atoms with Gasteiger partial charge in [0, 0.05) is 19.2 Å². The average Bonchev–Trinajstić information content (AvgIpc) is 2.29. The van der Waals surface area contributed by atoms with Crippen molar-refractivity contribution in [1.29, 1.82) is 0 Å². The van der Waals surface area contributed by atoms with E-state index in [1.807, 2.05) is 0 Å². The van der Waals surface area contributed by atoms with Gasteiger partial charge in [0.1, 0.15) is 17.2 Å². The number of carbonyl (C=O) groups excluding carboxylic acids is 1. The molecule has 0 saturated heterocycles. The summed E-state index contributed by atoms with van der Waals surface area (Å²) in [6.07, 6.45) is 4.55. The fourth-order valence-corrected chi connectivity index (χ4v) is 1.40. The summed E-state index contributed by atoms with van der Waals surface area (Å²) in [4.78, 5) is 18.9. The summed E-state index contributed by atoms with van der Waals surface area (Å²) in [6, 6.07) is 4.92. The molecule has 0 unspecified atom stereocenters. The first-order chi connectivity index (χ1) is 8.15. The van der Waals surface area contributed by atoms with Crippen LogP contribution in [-0.2, 0) is 0 Å². The van der Waals surface area contributed by atoms with Crippen LogP contribution >= 0.6 is 11.6 Å². The maximum atomic E-state index is 11.0. The Morgan fingerprint density at radius 1 is 1.24 bits per heavy atom. The Hall–Kier alpha value is -1.94. The van der Waals surface area contributed by atoms with Crippen LogP contribution < -0.4 is 4.74 Å². The molecule has 0 radical (unpaired) electrons. The first-order valence-electron chi connectivity index (χ1n) is 4.90. The predicted molar refractivity (Wildman–Crippen MR) is 63.6 cm³/mol. The molecule has 5 heteroatoms. The first-order valence-corrected chi connectivity index (χ1v) is 5.28. The number of Topliss-reactive ketones (excluding diaryl/α,β-unsaturated/α-hetero) is 1. The number of ketones is 1. The molecule has 0 fully saturated rings. The molecule has 0 aromatic carbocycles. The van der Waals surface area contributed by atoms with Crippen molar-refractivity contribution >= 4 is 17.4 Å². The SMILES string of the molecule is CC(=O)c1ccc(Oc2cncc(Cl)c2)cn1. The van der Waals surface area contributed by atoms with Crippen LogP contribution in [0.3, 0.4) is 0 Å². The summed E-state index contributed by atoms with van der Waals surface area (Å²) in [7, 11) is 0. The molecular formula is C12H9ClN2O2. The van der Waals surface area contributed by atoms with Crippen molar-refractivity contribution in [3.05, 3.63) is 47.5 Å². The van der Waals surface area contributed by atoms with Gasteiger partial charge >= 0.3 is 0 Å². The lowest BCUT2D eigenvalue weighted by Gasteiger charge is -2.05. The van der Waals surface area contributed by atoms with E-state index in [1.165, 1.54) is 19.3 Å². The van der Waals surface area contributed by atoms with Gasteiger partial charge in [0.05, 0.1) is 17.4 Å². The maximum Gasteiger partial charge on any atom is 0.178 e. The fraction of sp³-hybridized carbons (Fsp3) is 0.0833. The second-order valence-electron chi connectivity index (χ2n) is 3.38. The van der Waals surface area contributed by atoms with E-state index in [9.17, 15) is 4.79 Å². The van der Waals surface area contributed by atoms with E-state index in [2.05, 4.69) is 9.97 Å². The number of carbonyl (C=O) groups is 1. The van der Waals surface area contributed by atoms with Crippen molar-refractivity contribution in [2.45, 2.75) is 6.92 Å².